The first-order chi connectivity index (χ1) is 9.25. The maximum atomic E-state index is 9.70. The summed E-state index contributed by atoms with van der Waals surface area (Å²) in [6.07, 6.45) is 0. The van der Waals surface area contributed by atoms with Gasteiger partial charge in [0.25, 0.3) is 0 Å². The molecule has 0 aliphatic carbocycles. The molecule has 7 nitrogen and oxygen atoms in total. The average Bonchev–Trinajstić information content (AvgIpc) is 2.32. The highest BCUT2D eigenvalue weighted by Gasteiger charge is 2.28. The monoisotopic (exact) mass is 334 g/mol. The van der Waals surface area contributed by atoms with Crippen LogP contribution in [-0.4, -0.2) is 20.1 Å². The van der Waals surface area contributed by atoms with Gasteiger partial charge in [-0.3, -0.25) is 0 Å². The van der Waals surface area contributed by atoms with Gasteiger partial charge in [0.1, 0.15) is 5.75 Å². The van der Waals surface area contributed by atoms with Gasteiger partial charge in [-0.25, -0.2) is 0 Å². The van der Waals surface area contributed by atoms with E-state index in [4.69, 9.17) is 46.3 Å². The molecule has 0 spiro atoms. The number of nitrogens with zero attached hydrogens (tertiary/aromatic N) is 3. The molecule has 0 saturated heterocycles. The number of phenolic OH excluding ortho intramolecular Hbond substituents is 1. The van der Waals surface area contributed by atoms with Gasteiger partial charge in [0.2, 0.25) is 15.7 Å². The van der Waals surface area contributed by atoms with E-state index in [1.165, 1.54) is 18.2 Å². The van der Waals surface area contributed by atoms with Gasteiger partial charge in [-0.1, -0.05) is 34.8 Å². The SMILES string of the molecule is Nc1ccc(O)c(Nc2nc(N)nc(C(Cl)(Cl)Cl)n2)c1. The summed E-state index contributed by atoms with van der Waals surface area (Å²) >= 11 is 17.1. The largest absolute Gasteiger partial charge is 0.506 e. The Kier molecular flexibility index (Phi) is 3.94. The zero-order valence-electron chi connectivity index (χ0n) is 9.81. The van der Waals surface area contributed by atoms with Crippen molar-refractivity contribution in [2.75, 3.05) is 16.8 Å². The fourth-order valence-corrected chi connectivity index (χ4v) is 1.60. The fraction of sp³-hybridized carbons (Fsp3) is 0.100. The number of nitrogen functional groups attached to an aromatic ring is 2. The quantitative estimate of drug-likeness (QED) is 0.287. The van der Waals surface area contributed by atoms with Gasteiger partial charge in [0, 0.05) is 5.69 Å². The van der Waals surface area contributed by atoms with E-state index in [9.17, 15) is 5.11 Å². The van der Waals surface area contributed by atoms with Crippen molar-refractivity contribution in [1.82, 2.24) is 15.0 Å². The molecule has 106 valence electrons. The molecule has 0 bridgehead atoms. The molecule has 1 aromatic heterocycles. The highest BCUT2D eigenvalue weighted by Crippen LogP contribution is 2.36. The number of aromatic nitrogens is 3. The average molecular weight is 336 g/mol. The number of halogens is 3. The third-order valence-corrected chi connectivity index (χ3v) is 2.68. The van der Waals surface area contributed by atoms with Crippen LogP contribution >= 0.6 is 34.8 Å². The number of rotatable bonds is 2. The van der Waals surface area contributed by atoms with Crippen molar-refractivity contribution in [1.29, 1.82) is 0 Å². The number of phenols is 1. The molecule has 0 radical (unpaired) electrons. The number of anilines is 4. The second kappa shape index (κ2) is 5.35. The number of nitrogens with one attached hydrogen (secondary N) is 1. The van der Waals surface area contributed by atoms with Crippen molar-refractivity contribution in [3.8, 4) is 5.75 Å². The molecule has 10 heteroatoms. The van der Waals surface area contributed by atoms with Crippen LogP contribution < -0.4 is 16.8 Å². The first kappa shape index (κ1) is 14.7. The Balaban J connectivity index is 2.39. The summed E-state index contributed by atoms with van der Waals surface area (Å²) in [6.45, 7) is 0. The number of nitrogens with two attached hydrogens (primary N) is 2. The van der Waals surface area contributed by atoms with Crippen LogP contribution in [0.5, 0.6) is 5.75 Å². The smallest absolute Gasteiger partial charge is 0.250 e. The second-order valence-corrected chi connectivity index (χ2v) is 6.02. The lowest BCUT2D eigenvalue weighted by Crippen LogP contribution is -2.13. The van der Waals surface area contributed by atoms with Gasteiger partial charge >= 0.3 is 0 Å². The Labute approximate surface area is 128 Å². The Hall–Kier alpha value is -1.70. The third kappa shape index (κ3) is 3.44. The number of hydrogen-bond acceptors (Lipinski definition) is 7. The van der Waals surface area contributed by atoms with Gasteiger partial charge in [-0.2, -0.15) is 15.0 Å². The molecule has 0 atom stereocenters. The number of alkyl halides is 3. The Morgan fingerprint density at radius 3 is 2.45 bits per heavy atom. The zero-order valence-corrected chi connectivity index (χ0v) is 12.1. The van der Waals surface area contributed by atoms with Crippen molar-refractivity contribution in [2.45, 2.75) is 3.79 Å². The molecule has 0 saturated carbocycles. The van der Waals surface area contributed by atoms with Crippen LogP contribution in [-0.2, 0) is 3.79 Å². The molecule has 20 heavy (non-hydrogen) atoms. The van der Waals surface area contributed by atoms with E-state index in [0.29, 0.717) is 5.69 Å². The Morgan fingerprint density at radius 1 is 1.10 bits per heavy atom. The van der Waals surface area contributed by atoms with E-state index in [2.05, 4.69) is 20.3 Å². The summed E-state index contributed by atoms with van der Waals surface area (Å²) in [5.41, 5.74) is 11.9. The highest BCUT2D eigenvalue weighted by molar-refractivity contribution is 6.66. The predicted molar refractivity (Wildman–Crippen MR) is 79.3 cm³/mol. The lowest BCUT2D eigenvalue weighted by atomic mass is 10.2. The van der Waals surface area contributed by atoms with Crippen LogP contribution in [0.2, 0.25) is 0 Å². The normalized spacial score (nSPS) is 11.3. The molecule has 2 aromatic rings. The lowest BCUT2D eigenvalue weighted by molar-refractivity contribution is 0.477. The minimum atomic E-state index is -1.84. The number of hydrogen-bond donors (Lipinski definition) is 4. The molecule has 0 aliphatic heterocycles. The Morgan fingerprint density at radius 2 is 1.80 bits per heavy atom. The van der Waals surface area contributed by atoms with E-state index < -0.39 is 3.79 Å². The molecule has 1 aromatic carbocycles. The van der Waals surface area contributed by atoms with Crippen molar-refractivity contribution in [3.63, 3.8) is 0 Å². The van der Waals surface area contributed by atoms with Crippen molar-refractivity contribution in [3.05, 3.63) is 24.0 Å². The summed E-state index contributed by atoms with van der Waals surface area (Å²) in [4.78, 5) is 11.5. The maximum Gasteiger partial charge on any atom is 0.250 e. The van der Waals surface area contributed by atoms with E-state index in [1.54, 1.807) is 0 Å². The summed E-state index contributed by atoms with van der Waals surface area (Å²) in [7, 11) is 0. The first-order valence-corrected chi connectivity index (χ1v) is 6.33. The van der Waals surface area contributed by atoms with Crippen LogP contribution in [0, 0.1) is 0 Å². The molecule has 2 rings (SSSR count). The van der Waals surface area contributed by atoms with Gasteiger partial charge < -0.3 is 21.9 Å². The third-order valence-electron chi connectivity index (χ3n) is 2.17. The van der Waals surface area contributed by atoms with Crippen molar-refractivity contribution >= 4 is 58.1 Å². The molecule has 0 fully saturated rings. The number of aromatic hydroxyl groups is 1. The van der Waals surface area contributed by atoms with Crippen molar-refractivity contribution in [2.24, 2.45) is 0 Å². The lowest BCUT2D eigenvalue weighted by Gasteiger charge is -2.12. The first-order valence-electron chi connectivity index (χ1n) is 5.20. The standard InChI is InChI=1S/C10H9Cl3N6O/c11-10(12,13)7-17-8(15)19-9(18-7)16-5-3-4(14)1-2-6(5)20/h1-3,20H,14H2,(H3,15,16,17,18,19). The van der Waals surface area contributed by atoms with Crippen molar-refractivity contribution < 1.29 is 5.11 Å². The van der Waals surface area contributed by atoms with E-state index in [1.807, 2.05) is 0 Å². The number of benzene rings is 1. The molecule has 0 aliphatic rings. The van der Waals surface area contributed by atoms with Gasteiger partial charge in [-0.15, -0.1) is 0 Å². The minimum Gasteiger partial charge on any atom is -0.506 e. The Bertz CT molecular complexity index is 645. The topological polar surface area (TPSA) is 123 Å². The van der Waals surface area contributed by atoms with Crippen LogP contribution in [0.1, 0.15) is 5.82 Å². The molecule has 0 unspecified atom stereocenters. The highest BCUT2D eigenvalue weighted by atomic mass is 35.6. The van der Waals surface area contributed by atoms with E-state index >= 15 is 0 Å². The van der Waals surface area contributed by atoms with Gasteiger partial charge in [0.15, 0.2) is 5.82 Å². The minimum absolute atomic E-state index is 0.0136. The predicted octanol–water partition coefficient (Wildman–Crippen LogP) is 2.31. The van der Waals surface area contributed by atoms with E-state index in [0.717, 1.165) is 0 Å². The summed E-state index contributed by atoms with van der Waals surface area (Å²) in [5.74, 6) is -0.304. The molecule has 0 amide bonds. The zero-order chi connectivity index (χ0) is 14.9. The van der Waals surface area contributed by atoms with Gasteiger partial charge in [-0.05, 0) is 18.2 Å². The fourth-order valence-electron chi connectivity index (χ4n) is 1.35. The van der Waals surface area contributed by atoms with Crippen LogP contribution in [0.3, 0.4) is 0 Å². The molecule has 1 heterocycles. The van der Waals surface area contributed by atoms with Crippen LogP contribution in [0.4, 0.5) is 23.3 Å². The molecule has 6 N–H and O–H groups in total. The summed E-state index contributed by atoms with van der Waals surface area (Å²) < 4.78 is -1.84. The maximum absolute atomic E-state index is 9.70. The summed E-state index contributed by atoms with van der Waals surface area (Å²) in [6, 6.07) is 4.44. The second-order valence-electron chi connectivity index (χ2n) is 3.74. The van der Waals surface area contributed by atoms with E-state index in [-0.39, 0.29) is 29.2 Å². The van der Waals surface area contributed by atoms with Crippen LogP contribution in [0.25, 0.3) is 0 Å². The summed E-state index contributed by atoms with van der Waals surface area (Å²) in [5, 5.41) is 12.4. The molecular weight excluding hydrogens is 327 g/mol. The van der Waals surface area contributed by atoms with Crippen LogP contribution in [0.15, 0.2) is 18.2 Å². The van der Waals surface area contributed by atoms with Gasteiger partial charge in [0.05, 0.1) is 5.69 Å². The molecular formula is C10H9Cl3N6O.